The highest BCUT2D eigenvalue weighted by Crippen LogP contribution is 2.30. The fourth-order valence-electron chi connectivity index (χ4n) is 2.48. The summed E-state index contributed by atoms with van der Waals surface area (Å²) in [7, 11) is 1.70. The molecule has 1 rings (SSSR count). The smallest absolute Gasteiger partial charge is 0.142 e. The number of ether oxygens (including phenoxy) is 1. The maximum Gasteiger partial charge on any atom is 0.142 e. The second-order valence-electron chi connectivity index (χ2n) is 5.28. The van der Waals surface area contributed by atoms with E-state index in [0.29, 0.717) is 6.42 Å². The highest BCUT2D eigenvalue weighted by molar-refractivity contribution is 5.85. The molecule has 0 amide bonds. The molecule has 0 aromatic rings. The van der Waals surface area contributed by atoms with E-state index in [2.05, 4.69) is 6.92 Å². The number of hydrogen-bond acceptors (Lipinski definition) is 3. The van der Waals surface area contributed by atoms with Crippen molar-refractivity contribution in [2.24, 2.45) is 11.8 Å². The molecule has 3 nitrogen and oxygen atoms in total. The minimum absolute atomic E-state index is 0.0295. The molecule has 0 heterocycles. The van der Waals surface area contributed by atoms with Gasteiger partial charge >= 0.3 is 0 Å². The molecule has 18 heavy (non-hydrogen) atoms. The lowest BCUT2D eigenvalue weighted by molar-refractivity contribution is -0.120. The SMILES string of the molecule is CCCCC[C@@H](/C=C/[C@H]1C(=O)C[C@H](O)[C@@H]1C)OC. The van der Waals surface area contributed by atoms with Gasteiger partial charge in [0.05, 0.1) is 12.2 Å². The van der Waals surface area contributed by atoms with E-state index in [9.17, 15) is 9.90 Å². The lowest BCUT2D eigenvalue weighted by Crippen LogP contribution is -2.16. The molecule has 1 aliphatic rings. The molecule has 0 bridgehead atoms. The maximum absolute atomic E-state index is 11.7. The number of rotatable bonds is 7. The molecule has 1 fully saturated rings. The molecule has 0 aliphatic heterocycles. The van der Waals surface area contributed by atoms with Crippen LogP contribution in [0.4, 0.5) is 0 Å². The van der Waals surface area contributed by atoms with E-state index in [1.54, 1.807) is 7.11 Å². The molecule has 0 radical (unpaired) electrons. The van der Waals surface area contributed by atoms with Crippen molar-refractivity contribution in [1.82, 2.24) is 0 Å². The highest BCUT2D eigenvalue weighted by Gasteiger charge is 2.36. The van der Waals surface area contributed by atoms with Gasteiger partial charge in [0.15, 0.2) is 0 Å². The van der Waals surface area contributed by atoms with E-state index in [4.69, 9.17) is 4.74 Å². The van der Waals surface area contributed by atoms with Gasteiger partial charge in [-0.05, 0) is 12.3 Å². The van der Waals surface area contributed by atoms with Gasteiger partial charge in [0.2, 0.25) is 0 Å². The molecule has 0 aromatic carbocycles. The van der Waals surface area contributed by atoms with E-state index in [-0.39, 0.29) is 23.7 Å². The Morgan fingerprint density at radius 1 is 1.50 bits per heavy atom. The summed E-state index contributed by atoms with van der Waals surface area (Å²) in [6, 6.07) is 0. The predicted octanol–water partition coefficient (Wildman–Crippen LogP) is 2.72. The number of allylic oxidation sites excluding steroid dienone is 1. The van der Waals surface area contributed by atoms with Crippen molar-refractivity contribution in [2.45, 2.75) is 58.2 Å². The lowest BCUT2D eigenvalue weighted by Gasteiger charge is -2.14. The minimum Gasteiger partial charge on any atom is -0.392 e. The molecule has 1 N–H and O–H groups in total. The van der Waals surface area contributed by atoms with Crippen molar-refractivity contribution in [1.29, 1.82) is 0 Å². The zero-order chi connectivity index (χ0) is 13.5. The highest BCUT2D eigenvalue weighted by atomic mass is 16.5. The maximum atomic E-state index is 11.7. The summed E-state index contributed by atoms with van der Waals surface area (Å²) >= 11 is 0. The number of carbonyl (C=O) groups excluding carboxylic acids is 1. The summed E-state index contributed by atoms with van der Waals surface area (Å²) in [6.07, 6.45) is 8.40. The first-order valence-corrected chi connectivity index (χ1v) is 7.02. The second kappa shape index (κ2) is 7.70. The number of unbranched alkanes of at least 4 members (excludes halogenated alkanes) is 2. The number of ketones is 1. The number of aliphatic hydroxyl groups is 1. The Bertz CT molecular complexity index is 285. The number of carbonyl (C=O) groups is 1. The van der Waals surface area contributed by atoms with Gasteiger partial charge in [-0.15, -0.1) is 0 Å². The summed E-state index contributed by atoms with van der Waals surface area (Å²) < 4.78 is 5.39. The number of methoxy groups -OCH3 is 1. The van der Waals surface area contributed by atoms with Gasteiger partial charge in [-0.25, -0.2) is 0 Å². The van der Waals surface area contributed by atoms with Gasteiger partial charge in [0.1, 0.15) is 5.78 Å². The molecule has 4 atom stereocenters. The van der Waals surface area contributed by atoms with E-state index in [0.717, 1.165) is 12.8 Å². The first-order valence-electron chi connectivity index (χ1n) is 7.02. The summed E-state index contributed by atoms with van der Waals surface area (Å²) in [5, 5.41) is 9.65. The van der Waals surface area contributed by atoms with Gasteiger partial charge < -0.3 is 9.84 Å². The Hall–Kier alpha value is -0.670. The molecule has 1 aliphatic carbocycles. The monoisotopic (exact) mass is 254 g/mol. The summed E-state index contributed by atoms with van der Waals surface area (Å²) in [6.45, 7) is 4.11. The Labute approximate surface area is 110 Å². The molecule has 0 saturated heterocycles. The number of Topliss-reactive ketones (excluding diaryl/α,β-unsaturated/α-hetero) is 1. The fraction of sp³-hybridized carbons (Fsp3) is 0.800. The Balaban J connectivity index is 2.47. The van der Waals surface area contributed by atoms with Crippen LogP contribution in [0.25, 0.3) is 0 Å². The van der Waals surface area contributed by atoms with Crippen LogP contribution >= 0.6 is 0 Å². The van der Waals surface area contributed by atoms with Crippen LogP contribution in [0.1, 0.15) is 46.0 Å². The van der Waals surface area contributed by atoms with Gasteiger partial charge in [-0.1, -0.05) is 45.3 Å². The third kappa shape index (κ3) is 4.21. The largest absolute Gasteiger partial charge is 0.392 e. The van der Waals surface area contributed by atoms with Crippen molar-refractivity contribution in [3.05, 3.63) is 12.2 Å². The third-order valence-corrected chi connectivity index (χ3v) is 3.88. The number of hydrogen-bond donors (Lipinski definition) is 1. The first-order chi connectivity index (χ1) is 8.60. The topological polar surface area (TPSA) is 46.5 Å². The van der Waals surface area contributed by atoms with Gasteiger partial charge in [-0.3, -0.25) is 4.79 Å². The van der Waals surface area contributed by atoms with Crippen molar-refractivity contribution in [2.75, 3.05) is 7.11 Å². The van der Waals surface area contributed by atoms with Crippen molar-refractivity contribution >= 4 is 5.78 Å². The van der Waals surface area contributed by atoms with Crippen LogP contribution in [0.5, 0.6) is 0 Å². The Morgan fingerprint density at radius 3 is 2.72 bits per heavy atom. The van der Waals surface area contributed by atoms with Crippen LogP contribution in [-0.2, 0) is 9.53 Å². The molecule has 0 aromatic heterocycles. The summed E-state index contributed by atoms with van der Waals surface area (Å²) in [5.41, 5.74) is 0. The molecular weight excluding hydrogens is 228 g/mol. The third-order valence-electron chi connectivity index (χ3n) is 3.88. The average Bonchev–Trinajstić information content (AvgIpc) is 2.59. The van der Waals surface area contributed by atoms with Gasteiger partial charge in [-0.2, -0.15) is 0 Å². The fourth-order valence-corrected chi connectivity index (χ4v) is 2.48. The molecule has 0 spiro atoms. The molecule has 0 unspecified atom stereocenters. The van der Waals surface area contributed by atoms with Crippen molar-refractivity contribution in [3.63, 3.8) is 0 Å². The van der Waals surface area contributed by atoms with Crippen LogP contribution in [0.15, 0.2) is 12.2 Å². The van der Waals surface area contributed by atoms with Crippen LogP contribution in [-0.4, -0.2) is 30.2 Å². The van der Waals surface area contributed by atoms with Crippen LogP contribution in [0, 0.1) is 11.8 Å². The molecule has 1 saturated carbocycles. The first kappa shape index (κ1) is 15.4. The zero-order valence-corrected chi connectivity index (χ0v) is 11.8. The average molecular weight is 254 g/mol. The van der Waals surface area contributed by atoms with E-state index in [1.807, 2.05) is 19.1 Å². The summed E-state index contributed by atoms with van der Waals surface area (Å²) in [4.78, 5) is 11.7. The Morgan fingerprint density at radius 2 is 2.22 bits per heavy atom. The van der Waals surface area contributed by atoms with E-state index < -0.39 is 6.10 Å². The van der Waals surface area contributed by atoms with Crippen LogP contribution in [0.3, 0.4) is 0 Å². The van der Waals surface area contributed by atoms with Gasteiger partial charge in [0, 0.05) is 19.4 Å². The molecule has 104 valence electrons. The minimum atomic E-state index is -0.478. The summed E-state index contributed by atoms with van der Waals surface area (Å²) in [5.74, 6) is 0.0420. The van der Waals surface area contributed by atoms with Crippen LogP contribution in [0.2, 0.25) is 0 Å². The van der Waals surface area contributed by atoms with Crippen molar-refractivity contribution < 1.29 is 14.6 Å². The Kier molecular flexibility index (Phi) is 6.58. The standard InChI is InChI=1S/C15H26O3/c1-4-5-6-7-12(18-3)8-9-13-11(2)14(16)10-15(13)17/h8-9,11-14,16H,4-7,10H2,1-3H3/b9-8+/t11-,12+,13-,14+/m1/s1. The van der Waals surface area contributed by atoms with Gasteiger partial charge in [0.25, 0.3) is 0 Å². The molecule has 3 heteroatoms. The quantitative estimate of drug-likeness (QED) is 0.561. The normalized spacial score (nSPS) is 30.2. The zero-order valence-electron chi connectivity index (χ0n) is 11.8. The van der Waals surface area contributed by atoms with E-state index in [1.165, 1.54) is 12.8 Å². The van der Waals surface area contributed by atoms with E-state index >= 15 is 0 Å². The lowest BCUT2D eigenvalue weighted by atomic mass is 9.95. The predicted molar refractivity (Wildman–Crippen MR) is 72.4 cm³/mol. The second-order valence-corrected chi connectivity index (χ2v) is 5.28. The number of aliphatic hydroxyl groups excluding tert-OH is 1. The van der Waals surface area contributed by atoms with Crippen LogP contribution < -0.4 is 0 Å². The molecular formula is C15H26O3. The van der Waals surface area contributed by atoms with Crippen molar-refractivity contribution in [3.8, 4) is 0 Å².